The van der Waals surface area contributed by atoms with Gasteiger partial charge in [0.05, 0.1) is 26.6 Å². The molecule has 0 N–H and O–H groups in total. The van der Waals surface area contributed by atoms with Crippen molar-refractivity contribution in [2.75, 3.05) is 0 Å². The third-order valence-electron chi connectivity index (χ3n) is 4.04. The van der Waals surface area contributed by atoms with Crippen molar-refractivity contribution in [2.45, 2.75) is 0 Å². The van der Waals surface area contributed by atoms with Crippen molar-refractivity contribution in [2.24, 2.45) is 0 Å². The molecule has 1 aromatic heterocycles. The Morgan fingerprint density at radius 2 is 1.54 bits per heavy atom. The fraction of sp³-hybridized carbons (Fsp3) is 0. The molecule has 0 bridgehead atoms. The van der Waals surface area contributed by atoms with Crippen LogP contribution >= 0.6 is 34.8 Å². The zero-order valence-electron chi connectivity index (χ0n) is 13.3. The van der Waals surface area contributed by atoms with Crippen LogP contribution in [-0.2, 0) is 0 Å². The van der Waals surface area contributed by atoms with E-state index in [1.807, 2.05) is 12.1 Å². The van der Waals surface area contributed by atoms with Gasteiger partial charge in [-0.2, -0.15) is 0 Å². The summed E-state index contributed by atoms with van der Waals surface area (Å²) in [6.45, 7) is 0. The van der Waals surface area contributed by atoms with Crippen LogP contribution in [0, 0.1) is 0 Å². The summed E-state index contributed by atoms with van der Waals surface area (Å²) >= 11 is 18.8. The summed E-state index contributed by atoms with van der Waals surface area (Å²) in [7, 11) is 0. The number of halogens is 3. The molecule has 3 nitrogen and oxygen atoms in total. The summed E-state index contributed by atoms with van der Waals surface area (Å²) in [5.41, 5.74) is 1.50. The molecule has 0 unspecified atom stereocenters. The lowest BCUT2D eigenvalue weighted by molar-refractivity contribution is 0.976. The molecule has 4 rings (SSSR count). The largest absolute Gasteiger partial charge is 0.268 e. The number of rotatable bonds is 2. The Morgan fingerprint density at radius 1 is 0.808 bits per heavy atom. The second-order valence-corrected chi connectivity index (χ2v) is 6.92. The van der Waals surface area contributed by atoms with Gasteiger partial charge in [-0.05, 0) is 42.5 Å². The van der Waals surface area contributed by atoms with Crippen LogP contribution in [0.25, 0.3) is 28.0 Å². The monoisotopic (exact) mass is 400 g/mol. The number of benzene rings is 3. The second kappa shape index (κ2) is 6.76. The lowest BCUT2D eigenvalue weighted by Gasteiger charge is -2.16. The van der Waals surface area contributed by atoms with E-state index in [-0.39, 0.29) is 5.56 Å². The first-order valence-electron chi connectivity index (χ1n) is 7.78. The first kappa shape index (κ1) is 17.1. The molecule has 0 aliphatic carbocycles. The van der Waals surface area contributed by atoms with Gasteiger partial charge in [0.15, 0.2) is 0 Å². The minimum Gasteiger partial charge on any atom is -0.268 e. The molecule has 0 radical (unpaired) electrons. The highest BCUT2D eigenvalue weighted by atomic mass is 35.5. The van der Waals surface area contributed by atoms with Gasteiger partial charge in [0.25, 0.3) is 5.56 Å². The van der Waals surface area contributed by atoms with Crippen molar-refractivity contribution in [3.63, 3.8) is 0 Å². The van der Waals surface area contributed by atoms with E-state index >= 15 is 0 Å². The Hall–Kier alpha value is -2.33. The molecule has 3 aromatic carbocycles. The minimum absolute atomic E-state index is 0.218. The van der Waals surface area contributed by atoms with Crippen molar-refractivity contribution < 1.29 is 0 Å². The van der Waals surface area contributed by atoms with Crippen LogP contribution in [0.4, 0.5) is 0 Å². The summed E-state index contributed by atoms with van der Waals surface area (Å²) in [5.74, 6) is 0.406. The van der Waals surface area contributed by atoms with E-state index in [1.165, 1.54) is 4.57 Å². The average Bonchev–Trinajstić information content (AvgIpc) is 2.63. The fourth-order valence-corrected chi connectivity index (χ4v) is 3.55. The third-order valence-corrected chi connectivity index (χ3v) is 4.91. The topological polar surface area (TPSA) is 34.9 Å². The predicted octanol–water partition coefficient (Wildman–Crippen LogP) is 6.01. The van der Waals surface area contributed by atoms with Gasteiger partial charge < -0.3 is 0 Å². The van der Waals surface area contributed by atoms with E-state index in [4.69, 9.17) is 39.8 Å². The second-order valence-electron chi connectivity index (χ2n) is 5.67. The molecule has 0 saturated carbocycles. The molecule has 1 heterocycles. The normalized spacial score (nSPS) is 11.0. The highest BCUT2D eigenvalue weighted by molar-refractivity contribution is 6.36. The molecule has 26 heavy (non-hydrogen) atoms. The van der Waals surface area contributed by atoms with Crippen LogP contribution in [0.5, 0.6) is 0 Å². The molecule has 4 aromatic rings. The van der Waals surface area contributed by atoms with Crippen molar-refractivity contribution in [1.82, 2.24) is 9.55 Å². The lowest BCUT2D eigenvalue weighted by Crippen LogP contribution is -2.22. The maximum atomic E-state index is 13.2. The number of aromatic nitrogens is 2. The first-order chi connectivity index (χ1) is 12.6. The fourth-order valence-electron chi connectivity index (χ4n) is 2.84. The Balaban J connectivity index is 2.16. The Labute approximate surface area is 164 Å². The first-order valence-corrected chi connectivity index (χ1v) is 8.92. The average molecular weight is 402 g/mol. The predicted molar refractivity (Wildman–Crippen MR) is 108 cm³/mol. The van der Waals surface area contributed by atoms with Gasteiger partial charge in [0, 0.05) is 10.6 Å². The smallest absolute Gasteiger partial charge is 0.266 e. The van der Waals surface area contributed by atoms with Gasteiger partial charge >= 0.3 is 0 Å². The van der Waals surface area contributed by atoms with Gasteiger partial charge in [-0.3, -0.25) is 9.36 Å². The van der Waals surface area contributed by atoms with Crippen molar-refractivity contribution in [1.29, 1.82) is 0 Å². The Bertz CT molecular complexity index is 1200. The van der Waals surface area contributed by atoms with Gasteiger partial charge in [0.1, 0.15) is 5.82 Å². The van der Waals surface area contributed by atoms with Gasteiger partial charge in [0.2, 0.25) is 0 Å². The lowest BCUT2D eigenvalue weighted by atomic mass is 10.1. The van der Waals surface area contributed by atoms with E-state index in [2.05, 4.69) is 0 Å². The molecule has 0 spiro atoms. The zero-order valence-corrected chi connectivity index (χ0v) is 15.6. The molecule has 0 saturated heterocycles. The third kappa shape index (κ3) is 2.88. The molecule has 6 heteroatoms. The molecule has 128 valence electrons. The van der Waals surface area contributed by atoms with Crippen molar-refractivity contribution in [3.8, 4) is 17.1 Å². The molecule has 0 atom stereocenters. The van der Waals surface area contributed by atoms with Gasteiger partial charge in [-0.15, -0.1) is 0 Å². The van der Waals surface area contributed by atoms with Crippen LogP contribution < -0.4 is 5.56 Å². The quantitative estimate of drug-likeness (QED) is 0.412. The van der Waals surface area contributed by atoms with E-state index in [0.717, 1.165) is 0 Å². The summed E-state index contributed by atoms with van der Waals surface area (Å²) in [5, 5.41) is 1.85. The van der Waals surface area contributed by atoms with Crippen molar-refractivity contribution in [3.05, 3.63) is 92.2 Å². The maximum Gasteiger partial charge on any atom is 0.266 e. The summed E-state index contributed by atoms with van der Waals surface area (Å²) in [6, 6.07) is 19.4. The van der Waals surface area contributed by atoms with Crippen molar-refractivity contribution >= 4 is 45.7 Å². The van der Waals surface area contributed by atoms with E-state index in [0.29, 0.717) is 43.0 Å². The van der Waals surface area contributed by atoms with E-state index in [1.54, 1.807) is 54.6 Å². The number of nitrogens with zero attached hydrogens (tertiary/aromatic N) is 2. The van der Waals surface area contributed by atoms with E-state index in [9.17, 15) is 4.79 Å². The summed E-state index contributed by atoms with van der Waals surface area (Å²) in [4.78, 5) is 17.9. The maximum absolute atomic E-state index is 13.2. The Kier molecular flexibility index (Phi) is 4.45. The molecule has 0 aliphatic heterocycles. The zero-order chi connectivity index (χ0) is 18.3. The highest BCUT2D eigenvalue weighted by Gasteiger charge is 2.18. The number of fused-ring (bicyclic) bond motifs is 1. The van der Waals surface area contributed by atoms with Crippen LogP contribution in [0.2, 0.25) is 15.1 Å². The molecular formula is C20H11Cl3N2O. The summed E-state index contributed by atoms with van der Waals surface area (Å²) < 4.78 is 1.49. The van der Waals surface area contributed by atoms with Gasteiger partial charge in [-0.25, -0.2) is 4.98 Å². The number of para-hydroxylation sites is 2. The van der Waals surface area contributed by atoms with E-state index < -0.39 is 0 Å². The molecule has 0 fully saturated rings. The number of hydrogen-bond acceptors (Lipinski definition) is 2. The van der Waals surface area contributed by atoms with Crippen LogP contribution in [-0.4, -0.2) is 9.55 Å². The van der Waals surface area contributed by atoms with Gasteiger partial charge in [-0.1, -0.05) is 59.1 Å². The number of hydrogen-bond donors (Lipinski definition) is 0. The molecule has 0 aliphatic rings. The molecule has 0 amide bonds. The SMILES string of the molecule is O=c1c2ccccc2nc(-c2ccc(Cl)cc2Cl)n1-c1ccccc1Cl. The van der Waals surface area contributed by atoms with Crippen LogP contribution in [0.15, 0.2) is 71.5 Å². The standard InChI is InChI=1S/C20H11Cl3N2O/c21-12-9-10-13(16(23)11-12)19-24-17-7-3-1-5-14(17)20(26)25(19)18-8-4-2-6-15(18)22/h1-11H. The highest BCUT2D eigenvalue weighted by Crippen LogP contribution is 2.32. The van der Waals surface area contributed by atoms with Crippen LogP contribution in [0.1, 0.15) is 0 Å². The Morgan fingerprint density at radius 3 is 2.31 bits per heavy atom. The minimum atomic E-state index is -0.218. The summed E-state index contributed by atoms with van der Waals surface area (Å²) in [6.07, 6.45) is 0. The molecular weight excluding hydrogens is 391 g/mol. The van der Waals surface area contributed by atoms with Crippen LogP contribution in [0.3, 0.4) is 0 Å².